The summed E-state index contributed by atoms with van der Waals surface area (Å²) >= 11 is 5.27. The minimum absolute atomic E-state index is 0.141. The van der Waals surface area contributed by atoms with Crippen molar-refractivity contribution in [3.63, 3.8) is 0 Å². The summed E-state index contributed by atoms with van der Waals surface area (Å²) in [4.78, 5) is 0. The van der Waals surface area contributed by atoms with Gasteiger partial charge in [0.25, 0.3) is 0 Å². The third kappa shape index (κ3) is 6.26. The van der Waals surface area contributed by atoms with E-state index >= 15 is 0 Å². The van der Waals surface area contributed by atoms with E-state index in [1.54, 1.807) is 6.92 Å². The molecule has 24 heavy (non-hydrogen) atoms. The lowest BCUT2D eigenvalue weighted by molar-refractivity contribution is 0.622. The smallest absolute Gasteiger partial charge is 0.115 e. The molecule has 1 fully saturated rings. The number of hydrogen-bond acceptors (Lipinski definition) is 1. The molecule has 0 spiro atoms. The highest BCUT2D eigenvalue weighted by Crippen LogP contribution is 2.58. The van der Waals surface area contributed by atoms with Crippen LogP contribution in [0.4, 0.5) is 4.39 Å². The highest BCUT2D eigenvalue weighted by atomic mass is 35.5. The zero-order valence-corrected chi connectivity index (χ0v) is 15.3. The lowest BCUT2D eigenvalue weighted by Crippen LogP contribution is -2.04. The van der Waals surface area contributed by atoms with Crippen molar-refractivity contribution in [2.24, 2.45) is 5.41 Å². The van der Waals surface area contributed by atoms with E-state index in [2.05, 4.69) is 62.1 Å². The Hall–Kier alpha value is -1.98. The van der Waals surface area contributed by atoms with Crippen LogP contribution in [0.15, 0.2) is 66.2 Å². The second-order valence-corrected chi connectivity index (χ2v) is 6.72. The van der Waals surface area contributed by atoms with Gasteiger partial charge in [0, 0.05) is 11.7 Å². The number of nitrogens with one attached hydrogen (secondary N) is 1. The van der Waals surface area contributed by atoms with Gasteiger partial charge in [-0.25, -0.2) is 4.39 Å². The second-order valence-electron chi connectivity index (χ2n) is 6.45. The number of allylic oxidation sites excluding steroid dienone is 4. The van der Waals surface area contributed by atoms with E-state index in [4.69, 9.17) is 18.0 Å². The molecule has 1 N–H and O–H groups in total. The van der Waals surface area contributed by atoms with Crippen LogP contribution in [0.5, 0.6) is 0 Å². The molecule has 1 aromatic rings. The molecule has 128 valence electrons. The van der Waals surface area contributed by atoms with Gasteiger partial charge in [-0.2, -0.15) is 0 Å². The van der Waals surface area contributed by atoms with Gasteiger partial charge in [-0.1, -0.05) is 57.2 Å². The van der Waals surface area contributed by atoms with Crippen molar-refractivity contribution < 1.29 is 4.39 Å². The van der Waals surface area contributed by atoms with Crippen molar-refractivity contribution in [1.29, 1.82) is 0 Å². The lowest BCUT2D eigenvalue weighted by Gasteiger charge is -2.02. The molecule has 1 aliphatic carbocycles. The van der Waals surface area contributed by atoms with Crippen LogP contribution < -0.4 is 5.32 Å². The SMILES string of the molecule is C#CN/C(C=C)=C(C)/C=C(/F)CCl.CC1(C)CC1c1ccccc1. The van der Waals surface area contributed by atoms with Gasteiger partial charge in [0.05, 0.1) is 5.88 Å². The van der Waals surface area contributed by atoms with Gasteiger partial charge in [-0.15, -0.1) is 11.6 Å². The molecule has 1 atom stereocenters. The first kappa shape index (κ1) is 20.1. The van der Waals surface area contributed by atoms with Gasteiger partial charge in [0.15, 0.2) is 0 Å². The Morgan fingerprint density at radius 1 is 1.46 bits per heavy atom. The van der Waals surface area contributed by atoms with Gasteiger partial charge in [-0.05, 0) is 48.0 Å². The van der Waals surface area contributed by atoms with Crippen LogP contribution in [0.3, 0.4) is 0 Å². The van der Waals surface area contributed by atoms with Gasteiger partial charge in [-0.3, -0.25) is 0 Å². The number of alkyl halides is 1. The van der Waals surface area contributed by atoms with Crippen LogP contribution in [-0.4, -0.2) is 5.88 Å². The van der Waals surface area contributed by atoms with E-state index in [0.717, 1.165) is 5.92 Å². The summed E-state index contributed by atoms with van der Waals surface area (Å²) < 4.78 is 12.7. The fourth-order valence-corrected chi connectivity index (χ4v) is 2.54. The molecule has 2 rings (SSSR count). The molecule has 0 bridgehead atoms. The zero-order valence-electron chi connectivity index (χ0n) is 14.6. The van der Waals surface area contributed by atoms with Crippen molar-refractivity contribution in [2.75, 3.05) is 5.88 Å². The number of halogens is 2. The number of benzene rings is 1. The highest BCUT2D eigenvalue weighted by molar-refractivity contribution is 6.19. The molecule has 0 saturated heterocycles. The molecule has 0 radical (unpaired) electrons. The first-order valence-electron chi connectivity index (χ1n) is 7.87. The maximum atomic E-state index is 12.7. The first-order chi connectivity index (χ1) is 11.4. The quantitative estimate of drug-likeness (QED) is 0.302. The van der Waals surface area contributed by atoms with Crippen LogP contribution in [0.25, 0.3) is 0 Å². The predicted molar refractivity (Wildman–Crippen MR) is 102 cm³/mol. The minimum Gasteiger partial charge on any atom is -0.315 e. The summed E-state index contributed by atoms with van der Waals surface area (Å²) in [5, 5.41) is 2.60. The van der Waals surface area contributed by atoms with Gasteiger partial charge >= 0.3 is 0 Å². The minimum atomic E-state index is -0.405. The maximum Gasteiger partial charge on any atom is 0.115 e. The van der Waals surface area contributed by atoms with Crippen LogP contribution in [-0.2, 0) is 0 Å². The van der Waals surface area contributed by atoms with Crippen LogP contribution in [0.1, 0.15) is 38.7 Å². The molecule has 0 heterocycles. The molecule has 1 nitrogen and oxygen atoms in total. The number of hydrogen-bond donors (Lipinski definition) is 1. The molecule has 0 amide bonds. The van der Waals surface area contributed by atoms with Crippen molar-refractivity contribution in [3.8, 4) is 12.5 Å². The summed E-state index contributed by atoms with van der Waals surface area (Å²) in [5.74, 6) is 0.277. The van der Waals surface area contributed by atoms with E-state index in [0.29, 0.717) is 16.7 Å². The Bertz CT molecular complexity index is 650. The molecule has 3 heteroatoms. The second kappa shape index (κ2) is 9.35. The van der Waals surface area contributed by atoms with Gasteiger partial charge < -0.3 is 5.32 Å². The van der Waals surface area contributed by atoms with Gasteiger partial charge in [0.1, 0.15) is 5.83 Å². The summed E-state index contributed by atoms with van der Waals surface area (Å²) in [7, 11) is 0. The van der Waals surface area contributed by atoms with Crippen LogP contribution >= 0.6 is 11.6 Å². The zero-order chi connectivity index (χ0) is 18.2. The van der Waals surface area contributed by atoms with E-state index < -0.39 is 5.83 Å². The summed E-state index contributed by atoms with van der Waals surface area (Å²) in [6.07, 6.45) is 9.22. The molecule has 0 aliphatic heterocycles. The van der Waals surface area contributed by atoms with Crippen molar-refractivity contribution in [1.82, 2.24) is 5.32 Å². The Kier molecular flexibility index (Phi) is 7.82. The van der Waals surface area contributed by atoms with E-state index in [1.165, 1.54) is 24.1 Å². The van der Waals surface area contributed by atoms with Crippen molar-refractivity contribution in [3.05, 3.63) is 71.7 Å². The van der Waals surface area contributed by atoms with Crippen LogP contribution in [0.2, 0.25) is 0 Å². The fourth-order valence-electron chi connectivity index (χ4n) is 2.46. The highest BCUT2D eigenvalue weighted by Gasteiger charge is 2.46. The van der Waals surface area contributed by atoms with Gasteiger partial charge in [0.2, 0.25) is 0 Å². The normalized spacial score (nSPS) is 19.2. The third-order valence-electron chi connectivity index (χ3n) is 4.05. The Balaban J connectivity index is 0.000000242. The van der Waals surface area contributed by atoms with E-state index in [-0.39, 0.29) is 5.88 Å². The Morgan fingerprint density at radius 2 is 2.04 bits per heavy atom. The number of rotatable bonds is 5. The Labute approximate surface area is 150 Å². The first-order valence-corrected chi connectivity index (χ1v) is 8.41. The van der Waals surface area contributed by atoms with E-state index in [9.17, 15) is 4.39 Å². The fraction of sp³-hybridized carbons (Fsp3) is 0.333. The lowest BCUT2D eigenvalue weighted by atomic mass is 10.0. The predicted octanol–water partition coefficient (Wildman–Crippen LogP) is 5.92. The monoisotopic (exact) mass is 345 g/mol. The number of terminal acetylenes is 1. The summed E-state index contributed by atoms with van der Waals surface area (Å²) in [6, 6.07) is 13.0. The third-order valence-corrected chi connectivity index (χ3v) is 4.31. The molecular weight excluding hydrogens is 321 g/mol. The Morgan fingerprint density at radius 3 is 2.46 bits per heavy atom. The molecule has 1 saturated carbocycles. The molecule has 1 aliphatic rings. The standard InChI is InChI=1S/C11H14.C10H11ClFN/c1-11(2)8-10(11)9-6-4-3-5-7-9;1-4-10(13-5-2)8(3)6-9(12)7-11/h3-7,10H,8H2,1-2H3;2,4,6,13H,1,7H2,3H3/b;9-6+,10-8+. The topological polar surface area (TPSA) is 12.0 Å². The molecule has 1 unspecified atom stereocenters. The average molecular weight is 346 g/mol. The molecule has 1 aromatic carbocycles. The summed E-state index contributed by atoms with van der Waals surface area (Å²) in [5.41, 5.74) is 3.34. The van der Waals surface area contributed by atoms with Crippen molar-refractivity contribution >= 4 is 11.6 Å². The van der Waals surface area contributed by atoms with E-state index in [1.807, 2.05) is 0 Å². The molecular formula is C21H25ClFN. The summed E-state index contributed by atoms with van der Waals surface area (Å²) in [6.45, 7) is 9.92. The average Bonchev–Trinajstić information content (AvgIpc) is 3.22. The largest absolute Gasteiger partial charge is 0.315 e. The maximum absolute atomic E-state index is 12.7. The van der Waals surface area contributed by atoms with Crippen LogP contribution in [0, 0.1) is 17.9 Å². The molecule has 0 aromatic heterocycles. The van der Waals surface area contributed by atoms with Crippen molar-refractivity contribution in [2.45, 2.75) is 33.1 Å².